The second-order valence-electron chi connectivity index (χ2n) is 2.43. The van der Waals surface area contributed by atoms with Crippen LogP contribution in [0.2, 0.25) is 0 Å². The molecule has 0 aliphatic carbocycles. The number of nitrogens with zero attached hydrogens (tertiary/aromatic N) is 2. The van der Waals surface area contributed by atoms with Crippen LogP contribution in [0.1, 0.15) is 0 Å². The molecule has 0 aromatic rings. The van der Waals surface area contributed by atoms with Crippen molar-refractivity contribution in [3.63, 3.8) is 0 Å². The molecule has 0 atom stereocenters. The number of ketones is 1. The van der Waals surface area contributed by atoms with Crippen LogP contribution in [0.15, 0.2) is 28.9 Å². The van der Waals surface area contributed by atoms with Crippen LogP contribution in [-0.2, 0) is 4.79 Å². The van der Waals surface area contributed by atoms with Gasteiger partial charge in [0.1, 0.15) is 6.54 Å². The Hall–Kier alpha value is -1.38. The summed E-state index contributed by atoms with van der Waals surface area (Å²) in [7, 11) is 0. The maximum absolute atomic E-state index is 11.2. The molecule has 0 aromatic heterocycles. The number of hydrogen-bond acceptors (Lipinski definition) is 3. The highest BCUT2D eigenvalue weighted by atomic mass is 16.1. The van der Waals surface area contributed by atoms with Crippen molar-refractivity contribution < 1.29 is 4.79 Å². The SMILES string of the molecule is O=C1CN=[C]N2CC=CC=C12. The molecule has 0 saturated heterocycles. The molecular formula is C8H7N2O. The molecule has 2 aliphatic rings. The van der Waals surface area contributed by atoms with Gasteiger partial charge < -0.3 is 4.90 Å². The molecule has 0 bridgehead atoms. The van der Waals surface area contributed by atoms with Gasteiger partial charge in [0.05, 0.1) is 5.70 Å². The Balaban J connectivity index is 2.38. The number of aliphatic imine (C=N–C) groups is 1. The Morgan fingerprint density at radius 3 is 3.36 bits per heavy atom. The van der Waals surface area contributed by atoms with Gasteiger partial charge in [0.15, 0.2) is 6.34 Å². The van der Waals surface area contributed by atoms with E-state index in [4.69, 9.17) is 0 Å². The van der Waals surface area contributed by atoms with E-state index in [1.54, 1.807) is 11.0 Å². The van der Waals surface area contributed by atoms with Gasteiger partial charge in [-0.25, -0.2) is 0 Å². The van der Waals surface area contributed by atoms with Crippen molar-refractivity contribution >= 4 is 12.1 Å². The Kier molecular flexibility index (Phi) is 1.35. The standard InChI is InChI=1S/C8H7N2O/c11-8-5-9-6-10-4-2-1-3-7(8)10/h1-3H,4-5H2. The summed E-state index contributed by atoms with van der Waals surface area (Å²) in [4.78, 5) is 16.7. The van der Waals surface area contributed by atoms with Crippen LogP contribution in [0.4, 0.5) is 0 Å². The third-order valence-corrected chi connectivity index (χ3v) is 1.67. The molecule has 2 aliphatic heterocycles. The fourth-order valence-electron chi connectivity index (χ4n) is 1.13. The lowest BCUT2D eigenvalue weighted by Gasteiger charge is -2.23. The van der Waals surface area contributed by atoms with E-state index in [2.05, 4.69) is 11.3 Å². The summed E-state index contributed by atoms with van der Waals surface area (Å²) in [6.45, 7) is 0.956. The first-order chi connectivity index (χ1) is 5.38. The normalized spacial score (nSPS) is 21.6. The summed E-state index contributed by atoms with van der Waals surface area (Å²) in [5.74, 6) is 0.0769. The smallest absolute Gasteiger partial charge is 0.200 e. The van der Waals surface area contributed by atoms with E-state index in [9.17, 15) is 4.79 Å². The van der Waals surface area contributed by atoms with Gasteiger partial charge in [-0.3, -0.25) is 9.79 Å². The number of allylic oxidation sites excluding steroid dienone is 2. The molecule has 55 valence electrons. The van der Waals surface area contributed by atoms with Crippen molar-refractivity contribution in [2.75, 3.05) is 13.1 Å². The van der Waals surface area contributed by atoms with Gasteiger partial charge in [-0.15, -0.1) is 0 Å². The van der Waals surface area contributed by atoms with Gasteiger partial charge in [-0.1, -0.05) is 12.2 Å². The Morgan fingerprint density at radius 1 is 1.64 bits per heavy atom. The van der Waals surface area contributed by atoms with E-state index < -0.39 is 0 Å². The molecule has 2 rings (SSSR count). The Morgan fingerprint density at radius 2 is 2.55 bits per heavy atom. The molecule has 0 aromatic carbocycles. The van der Waals surface area contributed by atoms with Crippen molar-refractivity contribution in [3.8, 4) is 0 Å². The second-order valence-corrected chi connectivity index (χ2v) is 2.43. The van der Waals surface area contributed by atoms with Crippen molar-refractivity contribution in [1.82, 2.24) is 4.90 Å². The quantitative estimate of drug-likeness (QED) is 0.491. The van der Waals surface area contributed by atoms with Crippen LogP contribution in [0.25, 0.3) is 0 Å². The number of hydrogen-bond donors (Lipinski definition) is 0. The number of fused-ring (bicyclic) bond motifs is 1. The summed E-state index contributed by atoms with van der Waals surface area (Å²) >= 11 is 0. The summed E-state index contributed by atoms with van der Waals surface area (Å²) in [6.07, 6.45) is 8.42. The van der Waals surface area contributed by atoms with E-state index >= 15 is 0 Å². The number of rotatable bonds is 0. The van der Waals surface area contributed by atoms with Gasteiger partial charge in [0.25, 0.3) is 0 Å². The molecule has 0 saturated carbocycles. The second kappa shape index (κ2) is 2.34. The zero-order valence-corrected chi connectivity index (χ0v) is 5.95. The maximum Gasteiger partial charge on any atom is 0.200 e. The zero-order chi connectivity index (χ0) is 7.68. The minimum absolute atomic E-state index is 0.0769. The predicted molar refractivity (Wildman–Crippen MR) is 41.2 cm³/mol. The zero-order valence-electron chi connectivity index (χ0n) is 5.95. The molecular weight excluding hydrogens is 140 g/mol. The number of carbonyl (C=O) groups excluding carboxylic acids is 1. The van der Waals surface area contributed by atoms with Gasteiger partial charge in [-0.2, -0.15) is 0 Å². The highest BCUT2D eigenvalue weighted by Crippen LogP contribution is 2.11. The van der Waals surface area contributed by atoms with E-state index in [1.165, 1.54) is 0 Å². The van der Waals surface area contributed by atoms with Crippen LogP contribution in [0.3, 0.4) is 0 Å². The van der Waals surface area contributed by atoms with E-state index in [0.717, 1.165) is 0 Å². The van der Waals surface area contributed by atoms with Gasteiger partial charge in [0.2, 0.25) is 5.78 Å². The Bertz CT molecular complexity index is 276. The topological polar surface area (TPSA) is 32.7 Å². The third kappa shape index (κ3) is 0.981. The van der Waals surface area contributed by atoms with Crippen LogP contribution in [-0.4, -0.2) is 30.1 Å². The first-order valence-corrected chi connectivity index (χ1v) is 3.47. The summed E-state index contributed by atoms with van der Waals surface area (Å²) in [6, 6.07) is 0. The number of Topliss-reactive ketones (excluding diaryl/α,β-unsaturated/α-hetero) is 1. The largest absolute Gasteiger partial charge is 0.317 e. The Labute approximate surface area is 64.7 Å². The van der Waals surface area contributed by atoms with Crippen LogP contribution in [0, 0.1) is 0 Å². The third-order valence-electron chi connectivity index (χ3n) is 1.67. The lowest BCUT2D eigenvalue weighted by atomic mass is 10.2. The van der Waals surface area contributed by atoms with Gasteiger partial charge >= 0.3 is 0 Å². The number of carbonyl (C=O) groups is 1. The molecule has 0 amide bonds. The fourth-order valence-corrected chi connectivity index (χ4v) is 1.13. The average Bonchev–Trinajstić information content (AvgIpc) is 2.06. The molecule has 3 heteroatoms. The van der Waals surface area contributed by atoms with E-state index in [0.29, 0.717) is 12.2 Å². The molecule has 3 nitrogen and oxygen atoms in total. The average molecular weight is 147 g/mol. The van der Waals surface area contributed by atoms with Crippen LogP contribution < -0.4 is 0 Å². The summed E-state index contributed by atoms with van der Waals surface area (Å²) < 4.78 is 0. The fraction of sp³-hybridized carbons (Fsp3) is 0.250. The highest BCUT2D eigenvalue weighted by molar-refractivity contribution is 6.01. The molecule has 1 radical (unpaired) electrons. The van der Waals surface area contributed by atoms with Crippen molar-refractivity contribution in [1.29, 1.82) is 0 Å². The minimum atomic E-state index is 0.0769. The van der Waals surface area contributed by atoms with Crippen LogP contribution >= 0.6 is 0 Å². The van der Waals surface area contributed by atoms with Crippen LogP contribution in [0.5, 0.6) is 0 Å². The molecule has 0 spiro atoms. The first-order valence-electron chi connectivity index (χ1n) is 3.47. The first kappa shape index (κ1) is 6.34. The predicted octanol–water partition coefficient (Wildman–Crippen LogP) is 0.230. The molecule has 11 heavy (non-hydrogen) atoms. The van der Waals surface area contributed by atoms with Crippen molar-refractivity contribution in [2.45, 2.75) is 0 Å². The molecule has 0 N–H and O–H groups in total. The molecule has 0 fully saturated rings. The molecule has 2 heterocycles. The minimum Gasteiger partial charge on any atom is -0.317 e. The maximum atomic E-state index is 11.2. The van der Waals surface area contributed by atoms with Gasteiger partial charge in [0, 0.05) is 6.54 Å². The van der Waals surface area contributed by atoms with Gasteiger partial charge in [-0.05, 0) is 6.08 Å². The summed E-state index contributed by atoms with van der Waals surface area (Å²) in [5, 5.41) is 0. The molecule has 0 unspecified atom stereocenters. The summed E-state index contributed by atoms with van der Waals surface area (Å²) in [5.41, 5.74) is 0.711. The lowest BCUT2D eigenvalue weighted by Crippen LogP contribution is -2.33. The van der Waals surface area contributed by atoms with E-state index in [1.807, 2.05) is 12.2 Å². The lowest BCUT2D eigenvalue weighted by molar-refractivity contribution is -0.115. The highest BCUT2D eigenvalue weighted by Gasteiger charge is 2.19. The van der Waals surface area contributed by atoms with E-state index in [-0.39, 0.29) is 12.3 Å². The van der Waals surface area contributed by atoms with Crippen molar-refractivity contribution in [2.24, 2.45) is 4.99 Å². The van der Waals surface area contributed by atoms with Crippen molar-refractivity contribution in [3.05, 3.63) is 23.9 Å². The monoisotopic (exact) mass is 147 g/mol.